The third-order valence-corrected chi connectivity index (χ3v) is 5.99. The number of aromatic nitrogens is 1. The lowest BCUT2D eigenvalue weighted by Gasteiger charge is -2.22. The number of hydrogen-bond donors (Lipinski definition) is 3. The average Bonchev–Trinajstić information content (AvgIpc) is 3.15. The second-order valence-corrected chi connectivity index (χ2v) is 8.15. The Morgan fingerprint density at radius 1 is 1.17 bits per heavy atom. The van der Waals surface area contributed by atoms with Crippen LogP contribution < -0.4 is 10.6 Å². The maximum absolute atomic E-state index is 13.3. The molecule has 2 rings (SSSR count). The van der Waals surface area contributed by atoms with Gasteiger partial charge in [-0.2, -0.15) is 0 Å². The van der Waals surface area contributed by atoms with Gasteiger partial charge >= 0.3 is 0 Å². The Hall–Kier alpha value is -2.39. The molecule has 0 aliphatic heterocycles. The van der Waals surface area contributed by atoms with Crippen LogP contribution in [0.5, 0.6) is 0 Å². The molecule has 2 amide bonds. The topological polar surface area (TPSA) is 91.3 Å². The summed E-state index contributed by atoms with van der Waals surface area (Å²) in [6.07, 6.45) is 3.37. The first-order valence-electron chi connectivity index (χ1n) is 9.94. The van der Waals surface area contributed by atoms with Crippen molar-refractivity contribution in [3.8, 4) is 0 Å². The summed E-state index contributed by atoms with van der Waals surface area (Å²) in [6, 6.07) is 2.08. The van der Waals surface area contributed by atoms with Crippen LogP contribution >= 0.6 is 11.3 Å². The lowest BCUT2D eigenvalue weighted by molar-refractivity contribution is -0.126. The highest BCUT2D eigenvalue weighted by molar-refractivity contribution is 7.15. The number of anilines is 1. The molecule has 2 aromatic rings. The van der Waals surface area contributed by atoms with Crippen molar-refractivity contribution in [2.45, 2.75) is 64.5 Å². The Kier molecular flexibility index (Phi) is 8.43. The number of rotatable bonds is 10. The molecule has 0 spiro atoms. The summed E-state index contributed by atoms with van der Waals surface area (Å²) in [5, 5.41) is 16.2. The molecule has 0 unspecified atom stereocenters. The predicted molar refractivity (Wildman–Crippen MR) is 112 cm³/mol. The molecule has 6 nitrogen and oxygen atoms in total. The van der Waals surface area contributed by atoms with Crippen LogP contribution in [0.25, 0.3) is 0 Å². The van der Waals surface area contributed by atoms with Crippen molar-refractivity contribution < 1.29 is 23.5 Å². The third kappa shape index (κ3) is 6.30. The summed E-state index contributed by atoms with van der Waals surface area (Å²) >= 11 is 1.19. The number of carbonyl (C=O) groups excluding carboxylic acids is 2. The van der Waals surface area contributed by atoms with Gasteiger partial charge in [0.05, 0.1) is 16.9 Å². The fraction of sp³-hybridized carbons (Fsp3) is 0.476. The highest BCUT2D eigenvalue weighted by Gasteiger charge is 2.28. The lowest BCUT2D eigenvalue weighted by atomic mass is 9.96. The monoisotopic (exact) mass is 439 g/mol. The summed E-state index contributed by atoms with van der Waals surface area (Å²) in [5.41, 5.74) is -0.804. The van der Waals surface area contributed by atoms with Gasteiger partial charge in [0.2, 0.25) is 11.8 Å². The summed E-state index contributed by atoms with van der Waals surface area (Å²) in [6.45, 7) is 5.62. The minimum absolute atomic E-state index is 0.184. The van der Waals surface area contributed by atoms with Gasteiger partial charge in [-0.15, -0.1) is 0 Å². The van der Waals surface area contributed by atoms with Gasteiger partial charge in [0, 0.05) is 12.3 Å². The standard InChI is InChI=1S/C21H27F2N3O3S/c1-4-7-16(25-18(27)10-13-8-14(22)11-15(23)9-13)19(28)26-20-24-12-17(30-20)21(29,5-2)6-3/h8-9,11-12,16,29H,4-7,10H2,1-3H3,(H,25,27)(H,24,26,28)/t16-/m0/s1. The summed E-state index contributed by atoms with van der Waals surface area (Å²) < 4.78 is 26.6. The summed E-state index contributed by atoms with van der Waals surface area (Å²) in [4.78, 5) is 29.8. The second kappa shape index (κ2) is 10.6. The van der Waals surface area contributed by atoms with Crippen molar-refractivity contribution in [3.63, 3.8) is 0 Å². The van der Waals surface area contributed by atoms with Crippen LogP contribution in [0, 0.1) is 11.6 Å². The summed E-state index contributed by atoms with van der Waals surface area (Å²) in [5.74, 6) is -2.48. The van der Waals surface area contributed by atoms with Crippen molar-refractivity contribution in [2.75, 3.05) is 5.32 Å². The van der Waals surface area contributed by atoms with Gasteiger partial charge in [-0.05, 0) is 37.0 Å². The van der Waals surface area contributed by atoms with E-state index in [-0.39, 0.29) is 12.0 Å². The number of halogens is 2. The molecule has 0 radical (unpaired) electrons. The number of hydrogen-bond acceptors (Lipinski definition) is 5. The Labute approximate surface area is 178 Å². The van der Waals surface area contributed by atoms with Gasteiger partial charge in [-0.3, -0.25) is 9.59 Å². The summed E-state index contributed by atoms with van der Waals surface area (Å²) in [7, 11) is 0. The number of nitrogens with zero attached hydrogens (tertiary/aromatic N) is 1. The molecule has 1 heterocycles. The van der Waals surface area contributed by atoms with Gasteiger partial charge < -0.3 is 15.7 Å². The van der Waals surface area contributed by atoms with Crippen LogP contribution in [0.2, 0.25) is 0 Å². The molecular weight excluding hydrogens is 412 g/mol. The van der Waals surface area contributed by atoms with E-state index in [0.29, 0.717) is 35.7 Å². The minimum atomic E-state index is -0.988. The van der Waals surface area contributed by atoms with E-state index in [4.69, 9.17) is 0 Å². The molecular formula is C21H27F2N3O3S. The highest BCUT2D eigenvalue weighted by Crippen LogP contribution is 2.34. The van der Waals surface area contributed by atoms with Crippen LogP contribution in [-0.4, -0.2) is 27.9 Å². The molecule has 1 aromatic heterocycles. The van der Waals surface area contributed by atoms with Crippen LogP contribution in [0.3, 0.4) is 0 Å². The molecule has 0 saturated heterocycles. The third-order valence-electron chi connectivity index (χ3n) is 4.88. The number of carbonyl (C=O) groups is 2. The van der Waals surface area contributed by atoms with E-state index in [2.05, 4.69) is 15.6 Å². The molecule has 164 valence electrons. The van der Waals surface area contributed by atoms with Crippen LogP contribution in [0.15, 0.2) is 24.4 Å². The van der Waals surface area contributed by atoms with Crippen molar-refractivity contribution in [1.82, 2.24) is 10.3 Å². The Bertz CT molecular complexity index is 864. The second-order valence-electron chi connectivity index (χ2n) is 7.12. The number of nitrogens with one attached hydrogen (secondary N) is 2. The molecule has 30 heavy (non-hydrogen) atoms. The van der Waals surface area contributed by atoms with E-state index in [1.54, 1.807) is 6.20 Å². The molecule has 0 aliphatic carbocycles. The zero-order chi connectivity index (χ0) is 22.3. The molecule has 1 aromatic carbocycles. The van der Waals surface area contributed by atoms with Gasteiger partial charge in [-0.1, -0.05) is 38.5 Å². The van der Waals surface area contributed by atoms with E-state index < -0.39 is 35.1 Å². The van der Waals surface area contributed by atoms with E-state index in [1.807, 2.05) is 20.8 Å². The highest BCUT2D eigenvalue weighted by atomic mass is 32.1. The molecule has 9 heteroatoms. The van der Waals surface area contributed by atoms with Gasteiger partial charge in [0.15, 0.2) is 5.13 Å². The zero-order valence-electron chi connectivity index (χ0n) is 17.3. The molecule has 0 bridgehead atoms. The first kappa shape index (κ1) is 23.9. The van der Waals surface area contributed by atoms with Gasteiger partial charge in [0.25, 0.3) is 0 Å². The maximum Gasteiger partial charge on any atom is 0.248 e. The first-order valence-corrected chi connectivity index (χ1v) is 10.8. The van der Waals surface area contributed by atoms with E-state index in [9.17, 15) is 23.5 Å². The average molecular weight is 440 g/mol. The molecule has 0 fully saturated rings. The molecule has 0 aliphatic rings. The van der Waals surface area contributed by atoms with Crippen LogP contribution in [0.4, 0.5) is 13.9 Å². The Morgan fingerprint density at radius 3 is 2.37 bits per heavy atom. The van der Waals surface area contributed by atoms with E-state index in [1.165, 1.54) is 11.3 Å². The fourth-order valence-corrected chi connectivity index (χ4v) is 4.09. The SMILES string of the molecule is CCC[C@H](NC(=O)Cc1cc(F)cc(F)c1)C(=O)Nc1ncc(C(O)(CC)CC)s1. The molecule has 3 N–H and O–H groups in total. The number of thiazole rings is 1. The predicted octanol–water partition coefficient (Wildman–Crippen LogP) is 3.90. The Balaban J connectivity index is 2.04. The number of benzene rings is 1. The van der Waals surface area contributed by atoms with Crippen LogP contribution in [-0.2, 0) is 21.6 Å². The maximum atomic E-state index is 13.3. The largest absolute Gasteiger partial charge is 0.384 e. The Morgan fingerprint density at radius 2 is 1.80 bits per heavy atom. The van der Waals surface area contributed by atoms with E-state index in [0.717, 1.165) is 18.2 Å². The number of aliphatic hydroxyl groups is 1. The van der Waals surface area contributed by atoms with E-state index >= 15 is 0 Å². The van der Waals surface area contributed by atoms with Gasteiger partial charge in [-0.25, -0.2) is 13.8 Å². The molecule has 0 saturated carbocycles. The smallest absolute Gasteiger partial charge is 0.248 e. The van der Waals surface area contributed by atoms with Crippen molar-refractivity contribution in [3.05, 3.63) is 46.5 Å². The van der Waals surface area contributed by atoms with Crippen molar-refractivity contribution >= 4 is 28.3 Å². The quantitative estimate of drug-likeness (QED) is 0.524. The lowest BCUT2D eigenvalue weighted by Crippen LogP contribution is -2.44. The number of amides is 2. The van der Waals surface area contributed by atoms with Crippen molar-refractivity contribution in [1.29, 1.82) is 0 Å². The van der Waals surface area contributed by atoms with Gasteiger partial charge in [0.1, 0.15) is 17.7 Å². The zero-order valence-corrected chi connectivity index (χ0v) is 18.1. The fourth-order valence-electron chi connectivity index (χ4n) is 3.04. The minimum Gasteiger partial charge on any atom is -0.384 e. The first-order chi connectivity index (χ1) is 14.2. The van der Waals surface area contributed by atoms with Crippen molar-refractivity contribution in [2.24, 2.45) is 0 Å². The van der Waals surface area contributed by atoms with Crippen LogP contribution in [0.1, 0.15) is 56.9 Å². The normalized spacial score (nSPS) is 12.5. The molecule has 1 atom stereocenters.